The number of alkyl halides is 2. The Bertz CT molecular complexity index is 869. The molecule has 32 heavy (non-hydrogen) atoms. The van der Waals surface area contributed by atoms with Crippen molar-refractivity contribution >= 4 is 26.5 Å². The number of benzene rings is 2. The Kier molecular flexibility index (Phi) is 6.40. The first-order chi connectivity index (χ1) is 15.2. The average Bonchev–Trinajstić information content (AvgIpc) is 3.23. The van der Waals surface area contributed by atoms with Crippen LogP contribution in [0, 0.1) is 11.8 Å². The molecule has 5 atom stereocenters. The predicted molar refractivity (Wildman–Crippen MR) is 128 cm³/mol. The first kappa shape index (κ1) is 23.6. The Hall–Kier alpha value is -1.54. The highest BCUT2D eigenvalue weighted by Crippen LogP contribution is 2.54. The summed E-state index contributed by atoms with van der Waals surface area (Å²) in [5, 5.41) is 2.13. The molecule has 0 N–H and O–H groups in total. The van der Waals surface area contributed by atoms with Crippen LogP contribution in [0.15, 0.2) is 60.7 Å². The number of ether oxygens (including phenoxy) is 2. The summed E-state index contributed by atoms with van der Waals surface area (Å²) in [6.45, 7) is 6.87. The highest BCUT2D eigenvalue weighted by atomic mass is 28.4. The minimum Gasteiger partial charge on any atom is -0.404 e. The van der Waals surface area contributed by atoms with E-state index in [9.17, 15) is 8.78 Å². The van der Waals surface area contributed by atoms with Crippen LogP contribution in [-0.4, -0.2) is 54.0 Å². The summed E-state index contributed by atoms with van der Waals surface area (Å²) in [5.41, 5.74) is -0.854. The van der Waals surface area contributed by atoms with Crippen LogP contribution < -0.4 is 10.4 Å². The van der Waals surface area contributed by atoms with Gasteiger partial charge in [0.15, 0.2) is 0 Å². The second kappa shape index (κ2) is 8.67. The van der Waals surface area contributed by atoms with E-state index in [4.69, 9.17) is 13.9 Å². The van der Waals surface area contributed by atoms with Crippen LogP contribution in [0.3, 0.4) is 0 Å². The molecule has 2 bridgehead atoms. The summed E-state index contributed by atoms with van der Waals surface area (Å²) < 4.78 is 47.0. The van der Waals surface area contributed by atoms with Gasteiger partial charge in [-0.05, 0) is 21.8 Å². The lowest BCUT2D eigenvalue weighted by Gasteiger charge is -2.45. The molecule has 172 valence electrons. The fourth-order valence-electron chi connectivity index (χ4n) is 6.18. The lowest BCUT2D eigenvalue weighted by Crippen LogP contribution is -2.68. The fourth-order valence-corrected chi connectivity index (χ4v) is 10.8. The summed E-state index contributed by atoms with van der Waals surface area (Å²) in [4.78, 5) is 0. The van der Waals surface area contributed by atoms with E-state index in [0.717, 1.165) is 10.4 Å². The van der Waals surface area contributed by atoms with Crippen molar-refractivity contribution in [1.82, 2.24) is 0 Å². The molecule has 1 aliphatic heterocycles. The quantitative estimate of drug-likeness (QED) is 0.597. The molecular weight excluding hydrogens is 425 g/mol. The molecule has 2 aromatic rings. The SMILES string of the molecule is B[C@@H]1O[C@@]2(CO[Si](c3ccccc3)(c3ccccc3)C(C)(C)C)CC(C(F)F)[C@@H]1[C@@H]2OC. The van der Waals surface area contributed by atoms with Crippen LogP contribution >= 0.6 is 0 Å². The van der Waals surface area contributed by atoms with E-state index in [1.807, 2.05) is 44.2 Å². The van der Waals surface area contributed by atoms with Crippen LogP contribution in [0.2, 0.25) is 5.04 Å². The average molecular weight is 458 g/mol. The Morgan fingerprint density at radius 1 is 1.06 bits per heavy atom. The first-order valence-corrected chi connectivity index (χ1v) is 13.3. The number of hydrogen-bond acceptors (Lipinski definition) is 3. The summed E-state index contributed by atoms with van der Waals surface area (Å²) in [6, 6.07) is 20.4. The lowest BCUT2D eigenvalue weighted by molar-refractivity contribution is -0.118. The molecule has 1 aliphatic carbocycles. The summed E-state index contributed by atoms with van der Waals surface area (Å²) in [7, 11) is 0.688. The van der Waals surface area contributed by atoms with Crippen molar-refractivity contribution < 1.29 is 22.7 Å². The van der Waals surface area contributed by atoms with Gasteiger partial charge in [-0.15, -0.1) is 0 Å². The maximum atomic E-state index is 13.9. The topological polar surface area (TPSA) is 27.7 Å². The number of halogens is 2. The second-order valence-corrected chi connectivity index (χ2v) is 14.6. The maximum absolute atomic E-state index is 13.9. The molecule has 1 saturated heterocycles. The van der Waals surface area contributed by atoms with Crippen LogP contribution in [0.5, 0.6) is 0 Å². The van der Waals surface area contributed by atoms with Crippen molar-refractivity contribution in [2.45, 2.75) is 56.4 Å². The number of methoxy groups -OCH3 is 1. The zero-order chi connectivity index (χ0) is 23.1. The van der Waals surface area contributed by atoms with Gasteiger partial charge in [0, 0.05) is 24.9 Å². The Morgan fingerprint density at radius 3 is 2.03 bits per heavy atom. The smallest absolute Gasteiger partial charge is 0.261 e. The molecule has 0 aromatic heterocycles. The Balaban J connectivity index is 1.78. The lowest BCUT2D eigenvalue weighted by atomic mass is 9.80. The first-order valence-electron chi connectivity index (χ1n) is 11.4. The van der Waals surface area contributed by atoms with Crippen molar-refractivity contribution in [3.05, 3.63) is 60.7 Å². The van der Waals surface area contributed by atoms with Crippen LogP contribution in [0.1, 0.15) is 27.2 Å². The Morgan fingerprint density at radius 2 is 1.59 bits per heavy atom. The van der Waals surface area contributed by atoms with Crippen molar-refractivity contribution in [2.24, 2.45) is 11.8 Å². The molecule has 3 nitrogen and oxygen atoms in total. The zero-order valence-corrected chi connectivity index (χ0v) is 20.6. The Labute approximate surface area is 192 Å². The molecule has 1 heterocycles. The van der Waals surface area contributed by atoms with Crippen molar-refractivity contribution in [1.29, 1.82) is 0 Å². The second-order valence-electron chi connectivity index (χ2n) is 10.3. The van der Waals surface area contributed by atoms with Gasteiger partial charge in [-0.2, -0.15) is 0 Å². The standard InChI is InChI=1S/C25H33BF2O3Si/c1-24(2,3)32(17-11-7-5-8-12-17,18-13-9-6-10-14-18)30-16-25-15-19(23(27)28)20(21(25)29-4)22(26)31-25/h5-14,19-23H,15-16,26H2,1-4H3/t19?,20-,21+,22-,25-/m1/s1. The van der Waals surface area contributed by atoms with Gasteiger partial charge in [-0.1, -0.05) is 81.4 Å². The van der Waals surface area contributed by atoms with Crippen LogP contribution in [-0.2, 0) is 13.9 Å². The van der Waals surface area contributed by atoms with Crippen molar-refractivity contribution in [3.8, 4) is 0 Å². The van der Waals surface area contributed by atoms with Gasteiger partial charge in [0.25, 0.3) is 8.32 Å². The van der Waals surface area contributed by atoms with E-state index in [2.05, 4.69) is 45.0 Å². The van der Waals surface area contributed by atoms with Gasteiger partial charge < -0.3 is 13.9 Å². The van der Waals surface area contributed by atoms with Crippen LogP contribution in [0.4, 0.5) is 8.78 Å². The van der Waals surface area contributed by atoms with E-state index in [0.29, 0.717) is 0 Å². The van der Waals surface area contributed by atoms with E-state index in [-0.39, 0.29) is 30.0 Å². The molecule has 2 aliphatic rings. The van der Waals surface area contributed by atoms with Gasteiger partial charge in [0.2, 0.25) is 6.43 Å². The molecule has 0 amide bonds. The highest BCUT2D eigenvalue weighted by molar-refractivity contribution is 6.99. The third-order valence-corrected chi connectivity index (χ3v) is 12.4. The zero-order valence-electron chi connectivity index (χ0n) is 19.6. The van der Waals surface area contributed by atoms with E-state index < -0.39 is 32.4 Å². The van der Waals surface area contributed by atoms with E-state index >= 15 is 0 Å². The largest absolute Gasteiger partial charge is 0.404 e. The molecule has 2 aromatic carbocycles. The number of hydrogen-bond donors (Lipinski definition) is 0. The van der Waals surface area contributed by atoms with E-state index in [1.165, 1.54) is 0 Å². The summed E-state index contributed by atoms with van der Waals surface area (Å²) >= 11 is 0. The molecular formula is C25H33BF2O3Si. The van der Waals surface area contributed by atoms with Gasteiger partial charge in [-0.3, -0.25) is 0 Å². The predicted octanol–water partition coefficient (Wildman–Crippen LogP) is 3.21. The fraction of sp³-hybridized carbons (Fsp3) is 0.520. The highest BCUT2D eigenvalue weighted by Gasteiger charge is 2.66. The molecule has 0 spiro atoms. The van der Waals surface area contributed by atoms with Gasteiger partial charge in [0.1, 0.15) is 13.4 Å². The summed E-state index contributed by atoms with van der Waals surface area (Å²) in [5.74, 6) is -1.05. The van der Waals surface area contributed by atoms with Gasteiger partial charge in [0.05, 0.1) is 12.7 Å². The van der Waals surface area contributed by atoms with Gasteiger partial charge >= 0.3 is 0 Å². The van der Waals surface area contributed by atoms with Gasteiger partial charge in [-0.25, -0.2) is 8.78 Å². The maximum Gasteiger partial charge on any atom is 0.261 e. The monoisotopic (exact) mass is 458 g/mol. The van der Waals surface area contributed by atoms with Crippen molar-refractivity contribution in [2.75, 3.05) is 13.7 Å². The molecule has 4 rings (SSSR count). The molecule has 7 heteroatoms. The third-order valence-electron chi connectivity index (χ3n) is 7.43. The van der Waals surface area contributed by atoms with Crippen LogP contribution in [0.25, 0.3) is 0 Å². The third kappa shape index (κ3) is 3.67. The van der Waals surface area contributed by atoms with Crippen molar-refractivity contribution in [3.63, 3.8) is 0 Å². The van der Waals surface area contributed by atoms with E-state index in [1.54, 1.807) is 7.11 Å². The molecule has 1 unspecified atom stereocenters. The summed E-state index contributed by atoms with van der Waals surface area (Å²) in [6.07, 6.45) is -2.52. The number of rotatable bonds is 7. The minimum absolute atomic E-state index is 0.195. The number of fused-ring (bicyclic) bond motifs is 2. The molecule has 0 radical (unpaired) electrons. The molecule has 1 saturated carbocycles. The molecule has 2 fully saturated rings. The minimum atomic E-state index is -2.80. The normalized spacial score (nSPS) is 30.2.